The number of nitrogens with zero attached hydrogens (tertiary/aromatic N) is 3. The van der Waals surface area contributed by atoms with Crippen LogP contribution in [0.1, 0.15) is 38.4 Å². The van der Waals surface area contributed by atoms with Crippen LogP contribution in [-0.4, -0.2) is 60.8 Å². The minimum absolute atomic E-state index is 0.0347. The van der Waals surface area contributed by atoms with Gasteiger partial charge >= 0.3 is 6.03 Å². The summed E-state index contributed by atoms with van der Waals surface area (Å²) in [7, 11) is -3.30. The molecule has 0 radical (unpaired) electrons. The molecule has 0 spiro atoms. The zero-order chi connectivity index (χ0) is 19.1. The Morgan fingerprint density at radius 1 is 1.46 bits per heavy atom. The smallest absolute Gasteiger partial charge is 0.315 e. The molecule has 2 aliphatic rings. The van der Waals surface area contributed by atoms with Gasteiger partial charge in [-0.05, 0) is 31.6 Å². The van der Waals surface area contributed by atoms with E-state index < -0.39 is 15.4 Å². The Labute approximate surface area is 153 Å². The number of hydrogen-bond donors (Lipinski definition) is 2. The first-order valence-electron chi connectivity index (χ1n) is 8.90. The van der Waals surface area contributed by atoms with E-state index in [1.165, 1.54) is 10.6 Å². The zero-order valence-corrected chi connectivity index (χ0v) is 16.5. The summed E-state index contributed by atoms with van der Waals surface area (Å²) >= 11 is 0. The van der Waals surface area contributed by atoms with E-state index in [4.69, 9.17) is 4.52 Å². The molecular weight excluding hydrogens is 358 g/mol. The average Bonchev–Trinajstić information content (AvgIpc) is 3.16. The lowest BCUT2D eigenvalue weighted by molar-refractivity contribution is 0.232. The lowest BCUT2D eigenvalue weighted by atomic mass is 9.80. The third-order valence-electron chi connectivity index (χ3n) is 5.27. The van der Waals surface area contributed by atoms with Gasteiger partial charge in [-0.25, -0.2) is 17.5 Å². The van der Waals surface area contributed by atoms with Crippen molar-refractivity contribution >= 4 is 16.1 Å². The van der Waals surface area contributed by atoms with Crippen LogP contribution in [0.5, 0.6) is 0 Å². The molecule has 10 heteroatoms. The lowest BCUT2D eigenvalue weighted by Crippen LogP contribution is -2.44. The second kappa shape index (κ2) is 6.80. The van der Waals surface area contributed by atoms with E-state index in [0.29, 0.717) is 50.1 Å². The summed E-state index contributed by atoms with van der Waals surface area (Å²) in [6.45, 7) is 7.14. The van der Waals surface area contributed by atoms with E-state index in [1.54, 1.807) is 6.92 Å². The summed E-state index contributed by atoms with van der Waals surface area (Å²) < 4.78 is 31.0. The minimum atomic E-state index is -3.30. The quantitative estimate of drug-likeness (QED) is 0.767. The molecule has 2 heterocycles. The second-order valence-electron chi connectivity index (χ2n) is 7.94. The summed E-state index contributed by atoms with van der Waals surface area (Å²) in [5, 5.41) is 9.75. The Bertz CT molecular complexity index is 777. The number of hydrogen-bond acceptors (Lipinski definition) is 6. The number of sulfonamides is 1. The molecule has 9 nitrogen and oxygen atoms in total. The van der Waals surface area contributed by atoms with Crippen LogP contribution >= 0.6 is 0 Å². The molecule has 1 aliphatic heterocycles. The fraction of sp³-hybridized carbons (Fsp3) is 0.812. The highest BCUT2D eigenvalue weighted by atomic mass is 32.2. The number of aryl methyl sites for hydroxylation is 1. The van der Waals surface area contributed by atoms with Gasteiger partial charge in [-0.15, -0.1) is 0 Å². The number of carbonyl (C=O) groups is 1. The van der Waals surface area contributed by atoms with Gasteiger partial charge in [0.15, 0.2) is 5.82 Å². The molecule has 3 rings (SSSR count). The Kier molecular flexibility index (Phi) is 5.00. The molecule has 1 aromatic rings. The van der Waals surface area contributed by atoms with Crippen LogP contribution in [0, 0.1) is 18.8 Å². The largest absolute Gasteiger partial charge is 0.339 e. The Balaban J connectivity index is 1.77. The molecule has 2 fully saturated rings. The van der Waals surface area contributed by atoms with Crippen LogP contribution in [0.15, 0.2) is 4.52 Å². The van der Waals surface area contributed by atoms with Crippen molar-refractivity contribution in [1.29, 1.82) is 0 Å². The first-order chi connectivity index (χ1) is 12.1. The van der Waals surface area contributed by atoms with Crippen LogP contribution in [0.3, 0.4) is 0 Å². The van der Waals surface area contributed by atoms with Crippen LogP contribution in [0.4, 0.5) is 4.79 Å². The molecule has 1 aliphatic carbocycles. The predicted octanol–water partition coefficient (Wildman–Crippen LogP) is 0.625. The topological polar surface area (TPSA) is 117 Å². The molecule has 1 aromatic heterocycles. The highest BCUT2D eigenvalue weighted by Gasteiger charge is 2.58. The van der Waals surface area contributed by atoms with Crippen LogP contribution < -0.4 is 10.6 Å². The standard InChI is InChI=1S/C16H27N5O4S/c1-10(2)7-17-15(22)19-13-5-12-8-21(26(4,23)24)9-16(12,6-13)14-18-11(3)20-25-14/h10,12-13H,5-9H2,1-4H3,(H2,17,19,22)/t12?,13-,16+/m1/s1. The van der Waals surface area contributed by atoms with Crippen molar-refractivity contribution in [3.05, 3.63) is 11.7 Å². The van der Waals surface area contributed by atoms with Crippen molar-refractivity contribution in [2.24, 2.45) is 11.8 Å². The maximum atomic E-state index is 12.1. The van der Waals surface area contributed by atoms with E-state index >= 15 is 0 Å². The molecule has 146 valence electrons. The van der Waals surface area contributed by atoms with E-state index in [-0.39, 0.29) is 18.0 Å². The highest BCUT2D eigenvalue weighted by Crippen LogP contribution is 2.50. The molecule has 0 bridgehead atoms. The first kappa shape index (κ1) is 19.1. The Hall–Kier alpha value is -1.68. The third-order valence-corrected chi connectivity index (χ3v) is 6.49. The Morgan fingerprint density at radius 2 is 2.19 bits per heavy atom. The van der Waals surface area contributed by atoms with Crippen LogP contribution in [-0.2, 0) is 15.4 Å². The summed E-state index contributed by atoms with van der Waals surface area (Å²) in [6, 6.07) is -0.249. The Morgan fingerprint density at radius 3 is 2.77 bits per heavy atom. The zero-order valence-electron chi connectivity index (χ0n) is 15.7. The summed E-state index contributed by atoms with van der Waals surface area (Å²) in [5.74, 6) is 1.40. The molecule has 2 N–H and O–H groups in total. The number of nitrogens with one attached hydrogen (secondary N) is 2. The number of rotatable bonds is 5. The minimum Gasteiger partial charge on any atom is -0.339 e. The normalized spacial score (nSPS) is 29.1. The van der Waals surface area contributed by atoms with Crippen molar-refractivity contribution in [3.63, 3.8) is 0 Å². The monoisotopic (exact) mass is 385 g/mol. The number of fused-ring (bicyclic) bond motifs is 1. The summed E-state index contributed by atoms with van der Waals surface area (Å²) in [4.78, 5) is 16.5. The van der Waals surface area contributed by atoms with E-state index in [1.807, 2.05) is 13.8 Å². The molecule has 1 saturated carbocycles. The molecule has 3 atom stereocenters. The summed E-state index contributed by atoms with van der Waals surface area (Å²) in [5.41, 5.74) is -0.541. The molecule has 1 unspecified atom stereocenters. The molecule has 1 saturated heterocycles. The first-order valence-corrected chi connectivity index (χ1v) is 10.8. The molecule has 0 aromatic carbocycles. The van der Waals surface area contributed by atoms with Gasteiger partial charge in [0.25, 0.3) is 0 Å². The fourth-order valence-corrected chi connectivity index (χ4v) is 4.97. The molecule has 26 heavy (non-hydrogen) atoms. The summed E-state index contributed by atoms with van der Waals surface area (Å²) in [6.07, 6.45) is 2.48. The van der Waals surface area contributed by atoms with Gasteiger partial charge in [-0.3, -0.25) is 0 Å². The maximum absolute atomic E-state index is 12.1. The van der Waals surface area contributed by atoms with Gasteiger partial charge in [0.05, 0.1) is 11.7 Å². The van der Waals surface area contributed by atoms with E-state index in [9.17, 15) is 13.2 Å². The second-order valence-corrected chi connectivity index (χ2v) is 9.92. The molecular formula is C16H27N5O4S. The SMILES string of the molecule is Cc1noc([C@]23C[C@H](NC(=O)NCC(C)C)CC2CN(S(C)(=O)=O)C3)n1. The number of amides is 2. The van der Waals surface area contributed by atoms with Gasteiger partial charge in [0.2, 0.25) is 15.9 Å². The number of aromatic nitrogens is 2. The van der Waals surface area contributed by atoms with Gasteiger partial charge in [-0.1, -0.05) is 19.0 Å². The van der Waals surface area contributed by atoms with Crippen molar-refractivity contribution in [3.8, 4) is 0 Å². The van der Waals surface area contributed by atoms with Gasteiger partial charge in [0, 0.05) is 25.7 Å². The third kappa shape index (κ3) is 3.71. The van der Waals surface area contributed by atoms with Crippen molar-refractivity contribution < 1.29 is 17.7 Å². The van der Waals surface area contributed by atoms with Crippen LogP contribution in [0.2, 0.25) is 0 Å². The average molecular weight is 385 g/mol. The van der Waals surface area contributed by atoms with Gasteiger partial charge in [0.1, 0.15) is 0 Å². The number of carbonyl (C=O) groups excluding carboxylic acids is 1. The van der Waals surface area contributed by atoms with Gasteiger partial charge < -0.3 is 15.2 Å². The van der Waals surface area contributed by atoms with Crippen LogP contribution in [0.25, 0.3) is 0 Å². The van der Waals surface area contributed by atoms with Gasteiger partial charge in [-0.2, -0.15) is 4.98 Å². The lowest BCUT2D eigenvalue weighted by Gasteiger charge is -2.25. The van der Waals surface area contributed by atoms with E-state index in [0.717, 1.165) is 0 Å². The fourth-order valence-electron chi connectivity index (χ4n) is 4.05. The number of urea groups is 1. The van der Waals surface area contributed by atoms with Crippen molar-refractivity contribution in [1.82, 2.24) is 25.1 Å². The van der Waals surface area contributed by atoms with Crippen molar-refractivity contribution in [2.45, 2.75) is 45.1 Å². The molecule has 2 amide bonds. The predicted molar refractivity (Wildman–Crippen MR) is 95.0 cm³/mol. The highest BCUT2D eigenvalue weighted by molar-refractivity contribution is 7.88. The maximum Gasteiger partial charge on any atom is 0.315 e. The van der Waals surface area contributed by atoms with Crippen molar-refractivity contribution in [2.75, 3.05) is 25.9 Å². The van der Waals surface area contributed by atoms with E-state index in [2.05, 4.69) is 20.8 Å².